The van der Waals surface area contributed by atoms with Gasteiger partial charge in [0.05, 0.1) is 24.7 Å². The zero-order chi connectivity index (χ0) is 29.9. The van der Waals surface area contributed by atoms with Gasteiger partial charge >= 0.3 is 0 Å². The van der Waals surface area contributed by atoms with Crippen molar-refractivity contribution in [2.24, 2.45) is 0 Å². The molecule has 0 aliphatic carbocycles. The van der Waals surface area contributed by atoms with Crippen molar-refractivity contribution in [3.63, 3.8) is 0 Å². The minimum absolute atomic E-state index is 0.511. The van der Waals surface area contributed by atoms with Gasteiger partial charge in [-0.25, -0.2) is 18.4 Å². The fourth-order valence-electron chi connectivity index (χ4n) is 6.03. The Morgan fingerprint density at radius 3 is 2.38 bits per heavy atom. The fraction of sp³-hybridized carbons (Fsp3) is 0.500. The molecule has 2 saturated heterocycles. The fourth-order valence-corrected chi connectivity index (χ4v) is 6.57. The maximum atomic E-state index is 12.2. The van der Waals surface area contributed by atoms with Crippen LogP contribution in [0.25, 0.3) is 0 Å². The Hall–Kier alpha value is -3.21. The number of ether oxygens (including phenoxy) is 1. The Kier molecular flexibility index (Phi) is 9.35. The second-order valence-corrected chi connectivity index (χ2v) is 13.7. The molecule has 0 atom stereocenters. The van der Waals surface area contributed by atoms with Crippen LogP contribution in [0, 0.1) is 6.92 Å². The van der Waals surface area contributed by atoms with Gasteiger partial charge in [0.2, 0.25) is 10.0 Å². The lowest BCUT2D eigenvalue weighted by Crippen LogP contribution is -2.52. The van der Waals surface area contributed by atoms with Crippen LogP contribution in [0.4, 0.5) is 11.4 Å². The van der Waals surface area contributed by atoms with E-state index < -0.39 is 10.0 Å². The number of methoxy groups -OCH3 is 1. The van der Waals surface area contributed by atoms with E-state index in [4.69, 9.17) is 9.72 Å². The molecule has 0 unspecified atom stereocenters. The first-order valence-electron chi connectivity index (χ1n) is 14.8. The normalized spacial score (nSPS) is 17.4. The summed E-state index contributed by atoms with van der Waals surface area (Å²) >= 11 is 0. The standard InChI is InChI=1S/C32H44N6O3S/c1-24-23-33-32(34-29(24)20-25-8-6-7-9-30(25)36(3)42(5,39)40)21-26-10-11-28(22-31(26)41-4)37-14-12-27(13-15-37)38-18-16-35(2)17-19-38/h6-11,22-23,27H,12-21H2,1-5H3. The number of aryl methyl sites for hydroxylation is 1. The van der Waals surface area contributed by atoms with Gasteiger partial charge in [-0.05, 0) is 50.1 Å². The summed E-state index contributed by atoms with van der Waals surface area (Å²) in [4.78, 5) is 17.1. The van der Waals surface area contributed by atoms with E-state index in [1.807, 2.05) is 37.4 Å². The highest BCUT2D eigenvalue weighted by atomic mass is 32.2. The molecule has 3 aromatic rings. The molecule has 0 N–H and O–H groups in total. The number of aromatic nitrogens is 2. The smallest absolute Gasteiger partial charge is 0.232 e. The van der Waals surface area contributed by atoms with Gasteiger partial charge in [-0.2, -0.15) is 0 Å². The molecule has 10 heteroatoms. The van der Waals surface area contributed by atoms with Crippen LogP contribution in [0.15, 0.2) is 48.7 Å². The maximum absolute atomic E-state index is 12.2. The molecule has 2 aliphatic rings. The summed E-state index contributed by atoms with van der Waals surface area (Å²) in [5, 5.41) is 0. The SMILES string of the molecule is COc1cc(N2CCC(N3CCN(C)CC3)CC2)ccc1Cc1ncc(C)c(Cc2ccccc2N(C)S(C)(=O)=O)n1. The molecule has 226 valence electrons. The van der Waals surface area contributed by atoms with Gasteiger partial charge in [0.1, 0.15) is 11.6 Å². The van der Waals surface area contributed by atoms with E-state index in [1.54, 1.807) is 14.2 Å². The number of hydrogen-bond donors (Lipinski definition) is 0. The summed E-state index contributed by atoms with van der Waals surface area (Å²) in [5.41, 5.74) is 5.65. The number of piperazine rings is 1. The first-order chi connectivity index (χ1) is 20.1. The van der Waals surface area contributed by atoms with Crippen molar-refractivity contribution in [3.05, 3.63) is 76.9 Å². The van der Waals surface area contributed by atoms with Gasteiger partial charge in [-0.15, -0.1) is 0 Å². The number of piperidine rings is 1. The van der Waals surface area contributed by atoms with E-state index in [-0.39, 0.29) is 0 Å². The largest absolute Gasteiger partial charge is 0.496 e. The average Bonchev–Trinajstić information content (AvgIpc) is 2.99. The molecule has 42 heavy (non-hydrogen) atoms. The van der Waals surface area contributed by atoms with Gasteiger partial charge in [0.15, 0.2) is 0 Å². The quantitative estimate of drug-likeness (QED) is 0.373. The van der Waals surface area contributed by atoms with Crippen LogP contribution in [-0.2, 0) is 22.9 Å². The summed E-state index contributed by atoms with van der Waals surface area (Å²) < 4.78 is 31.6. The number of nitrogens with zero attached hydrogens (tertiary/aromatic N) is 6. The lowest BCUT2D eigenvalue weighted by molar-refractivity contribution is 0.0982. The van der Waals surface area contributed by atoms with E-state index in [0.29, 0.717) is 30.4 Å². The summed E-state index contributed by atoms with van der Waals surface area (Å²) in [6, 6.07) is 14.7. The molecule has 0 radical (unpaired) electrons. The Labute approximate surface area is 251 Å². The Balaban J connectivity index is 1.28. The van der Waals surface area contributed by atoms with Crippen LogP contribution in [0.2, 0.25) is 0 Å². The highest BCUT2D eigenvalue weighted by Crippen LogP contribution is 2.30. The molecule has 2 aliphatic heterocycles. The monoisotopic (exact) mass is 592 g/mol. The van der Waals surface area contributed by atoms with Gasteiger partial charge in [-0.1, -0.05) is 24.3 Å². The Morgan fingerprint density at radius 2 is 1.69 bits per heavy atom. The van der Waals surface area contributed by atoms with Crippen LogP contribution in [0.1, 0.15) is 41.1 Å². The first kappa shape index (κ1) is 30.3. The van der Waals surface area contributed by atoms with Crippen LogP contribution < -0.4 is 13.9 Å². The number of anilines is 2. The molecular weight excluding hydrogens is 548 g/mol. The van der Waals surface area contributed by atoms with E-state index in [9.17, 15) is 8.42 Å². The van der Waals surface area contributed by atoms with E-state index >= 15 is 0 Å². The Bertz CT molecular complexity index is 1480. The second-order valence-electron chi connectivity index (χ2n) is 11.7. The van der Waals surface area contributed by atoms with Crippen molar-refractivity contribution in [2.45, 2.75) is 38.6 Å². The Morgan fingerprint density at radius 1 is 0.976 bits per heavy atom. The molecule has 1 aromatic heterocycles. The zero-order valence-electron chi connectivity index (χ0n) is 25.6. The topological polar surface area (TPSA) is 82.1 Å². The van der Waals surface area contributed by atoms with E-state index in [0.717, 1.165) is 41.2 Å². The number of hydrogen-bond acceptors (Lipinski definition) is 8. The average molecular weight is 593 g/mol. The predicted molar refractivity (Wildman–Crippen MR) is 169 cm³/mol. The third-order valence-electron chi connectivity index (χ3n) is 8.82. The van der Waals surface area contributed by atoms with Crippen LogP contribution in [0.3, 0.4) is 0 Å². The molecule has 3 heterocycles. The van der Waals surface area contributed by atoms with Crippen molar-refractivity contribution in [2.75, 3.05) is 75.9 Å². The van der Waals surface area contributed by atoms with Crippen molar-refractivity contribution < 1.29 is 13.2 Å². The second kappa shape index (κ2) is 13.0. The molecule has 0 spiro atoms. The van der Waals surface area contributed by atoms with Gasteiger partial charge < -0.3 is 14.5 Å². The minimum Gasteiger partial charge on any atom is -0.496 e. The summed E-state index contributed by atoms with van der Waals surface area (Å²) in [6.45, 7) is 8.79. The summed E-state index contributed by atoms with van der Waals surface area (Å²) in [7, 11) is 2.13. The van der Waals surface area contributed by atoms with Crippen LogP contribution in [-0.4, -0.2) is 101 Å². The van der Waals surface area contributed by atoms with Crippen molar-refractivity contribution >= 4 is 21.4 Å². The lowest BCUT2D eigenvalue weighted by atomic mass is 10.0. The molecule has 5 rings (SSSR count). The number of rotatable bonds is 9. The highest BCUT2D eigenvalue weighted by Gasteiger charge is 2.27. The zero-order valence-corrected chi connectivity index (χ0v) is 26.4. The maximum Gasteiger partial charge on any atom is 0.232 e. The molecular formula is C32H44N6O3S. The number of benzene rings is 2. The number of para-hydroxylation sites is 1. The van der Waals surface area contributed by atoms with Gasteiger partial charge in [0, 0.05) is 88.7 Å². The summed E-state index contributed by atoms with van der Waals surface area (Å²) in [6.07, 6.45) is 6.51. The van der Waals surface area contributed by atoms with Crippen molar-refractivity contribution in [1.82, 2.24) is 19.8 Å². The summed E-state index contributed by atoms with van der Waals surface area (Å²) in [5.74, 6) is 1.56. The minimum atomic E-state index is -3.38. The van der Waals surface area contributed by atoms with Crippen LogP contribution in [0.5, 0.6) is 5.75 Å². The molecule has 0 bridgehead atoms. The molecule has 2 fully saturated rings. The van der Waals surface area contributed by atoms with E-state index in [2.05, 4.69) is 44.9 Å². The molecule has 0 saturated carbocycles. The third-order valence-corrected chi connectivity index (χ3v) is 10.0. The van der Waals surface area contributed by atoms with Crippen LogP contribution >= 0.6 is 0 Å². The van der Waals surface area contributed by atoms with E-state index in [1.165, 1.54) is 55.3 Å². The predicted octanol–water partition coefficient (Wildman–Crippen LogP) is 3.59. The third kappa shape index (κ3) is 7.04. The van der Waals surface area contributed by atoms with Crippen molar-refractivity contribution in [3.8, 4) is 5.75 Å². The molecule has 9 nitrogen and oxygen atoms in total. The molecule has 2 aromatic carbocycles. The van der Waals surface area contributed by atoms with Gasteiger partial charge in [-0.3, -0.25) is 9.21 Å². The first-order valence-corrected chi connectivity index (χ1v) is 16.6. The van der Waals surface area contributed by atoms with Gasteiger partial charge in [0.25, 0.3) is 0 Å². The molecule has 0 amide bonds. The lowest BCUT2D eigenvalue weighted by Gasteiger charge is -2.42. The number of sulfonamides is 1. The highest BCUT2D eigenvalue weighted by molar-refractivity contribution is 7.92. The van der Waals surface area contributed by atoms with Crippen molar-refractivity contribution in [1.29, 1.82) is 0 Å². The number of likely N-dealkylation sites (N-methyl/N-ethyl adjacent to an activating group) is 1.